The van der Waals surface area contributed by atoms with Crippen LogP contribution in [0.25, 0.3) is 0 Å². The number of carbonyl (C=O) groups excluding carboxylic acids is 2. The summed E-state index contributed by atoms with van der Waals surface area (Å²) in [6.07, 6.45) is -3.41. The Morgan fingerprint density at radius 2 is 2.00 bits per heavy atom. The quantitative estimate of drug-likeness (QED) is 0.881. The van der Waals surface area contributed by atoms with Gasteiger partial charge < -0.3 is 14.6 Å². The van der Waals surface area contributed by atoms with Crippen LogP contribution in [0.2, 0.25) is 0 Å². The van der Waals surface area contributed by atoms with Gasteiger partial charge in [0.25, 0.3) is 11.8 Å². The normalized spacial score (nSPS) is 14.0. The Labute approximate surface area is 154 Å². The monoisotopic (exact) mass is 380 g/mol. The van der Waals surface area contributed by atoms with Gasteiger partial charge in [0.2, 0.25) is 0 Å². The molecule has 0 aliphatic carbocycles. The zero-order chi connectivity index (χ0) is 19.6. The molecule has 1 aliphatic rings. The first-order chi connectivity index (χ1) is 12.8. The number of hydrogen-bond donors (Lipinski definition) is 1. The molecule has 1 N–H and O–H groups in total. The lowest BCUT2D eigenvalue weighted by molar-refractivity contribution is -0.138. The first-order valence-electron chi connectivity index (χ1n) is 8.66. The van der Waals surface area contributed by atoms with Gasteiger partial charge in [-0.05, 0) is 36.6 Å². The fourth-order valence-corrected chi connectivity index (χ4v) is 3.02. The lowest BCUT2D eigenvalue weighted by Gasteiger charge is -2.27. The number of nitrogens with zero attached hydrogens (tertiary/aromatic N) is 1. The van der Waals surface area contributed by atoms with E-state index in [0.717, 1.165) is 18.1 Å². The molecule has 1 aromatic heterocycles. The maximum absolute atomic E-state index is 13.2. The lowest BCUT2D eigenvalue weighted by atomic mass is 10.0. The molecule has 1 aliphatic heterocycles. The zero-order valence-corrected chi connectivity index (χ0v) is 14.7. The molecule has 0 saturated carbocycles. The van der Waals surface area contributed by atoms with Crippen molar-refractivity contribution in [2.75, 3.05) is 13.1 Å². The first kappa shape index (κ1) is 19.0. The second-order valence-corrected chi connectivity index (χ2v) is 6.34. The number of rotatable bonds is 4. The van der Waals surface area contributed by atoms with Crippen LogP contribution in [0, 0.1) is 0 Å². The van der Waals surface area contributed by atoms with E-state index in [1.54, 1.807) is 6.07 Å². The number of carbonyl (C=O) groups is 2. The smallest absolute Gasteiger partial charge is 0.417 e. The minimum atomic E-state index is -4.61. The highest BCUT2D eigenvalue weighted by Crippen LogP contribution is 2.33. The van der Waals surface area contributed by atoms with E-state index in [2.05, 4.69) is 5.32 Å². The molecule has 2 heterocycles. The summed E-state index contributed by atoms with van der Waals surface area (Å²) in [5, 5.41) is 2.70. The third kappa shape index (κ3) is 3.99. The number of amides is 2. The molecule has 0 saturated heterocycles. The maximum atomic E-state index is 13.2. The largest absolute Gasteiger partial charge is 0.454 e. The van der Waals surface area contributed by atoms with Crippen LogP contribution in [-0.2, 0) is 19.1 Å². The molecular formula is C19H19F3N2O3. The molecule has 2 amide bonds. The number of halogens is 3. The van der Waals surface area contributed by atoms with Gasteiger partial charge in [-0.25, -0.2) is 0 Å². The molecule has 0 fully saturated rings. The van der Waals surface area contributed by atoms with Crippen molar-refractivity contribution in [3.05, 3.63) is 58.5 Å². The minimum Gasteiger partial charge on any atom is -0.454 e. The lowest BCUT2D eigenvalue weighted by Crippen LogP contribution is -2.36. The number of hydrogen-bond acceptors (Lipinski definition) is 3. The van der Waals surface area contributed by atoms with Gasteiger partial charge in [-0.2, -0.15) is 13.2 Å². The Morgan fingerprint density at radius 1 is 1.26 bits per heavy atom. The number of alkyl halides is 3. The predicted octanol–water partition coefficient (Wildman–Crippen LogP) is 3.64. The Morgan fingerprint density at radius 3 is 2.70 bits per heavy atom. The molecule has 2 aromatic rings. The van der Waals surface area contributed by atoms with Gasteiger partial charge in [-0.3, -0.25) is 9.59 Å². The average Bonchev–Trinajstić information content (AvgIpc) is 3.08. The standard InChI is InChI=1S/C19H19F3N2O3/c1-2-8-23-17(25)15-10-12-7-9-24(11-16(12)27-15)18(26)13-5-3-4-6-14(13)19(20,21)22/h3-6,10H,2,7-9,11H2,1H3,(H,23,25). The van der Waals surface area contributed by atoms with Crippen LogP contribution in [-0.4, -0.2) is 29.8 Å². The summed E-state index contributed by atoms with van der Waals surface area (Å²) in [5.41, 5.74) is -0.550. The fraction of sp³-hybridized carbons (Fsp3) is 0.368. The zero-order valence-electron chi connectivity index (χ0n) is 14.7. The van der Waals surface area contributed by atoms with Gasteiger partial charge in [0.05, 0.1) is 17.7 Å². The van der Waals surface area contributed by atoms with E-state index in [9.17, 15) is 22.8 Å². The van der Waals surface area contributed by atoms with Gasteiger partial charge in [0.15, 0.2) is 5.76 Å². The third-order valence-electron chi connectivity index (χ3n) is 4.39. The molecule has 0 atom stereocenters. The Hall–Kier alpha value is -2.77. The minimum absolute atomic E-state index is 0.0292. The average molecular weight is 380 g/mol. The van der Waals surface area contributed by atoms with Crippen LogP contribution in [0.15, 0.2) is 34.7 Å². The van der Waals surface area contributed by atoms with Crippen LogP contribution in [0.3, 0.4) is 0 Å². The molecule has 27 heavy (non-hydrogen) atoms. The highest BCUT2D eigenvalue weighted by atomic mass is 19.4. The molecule has 1 aromatic carbocycles. The van der Waals surface area contributed by atoms with Crippen molar-refractivity contribution in [2.24, 2.45) is 0 Å². The Kier molecular flexibility index (Phi) is 5.25. The summed E-state index contributed by atoms with van der Waals surface area (Å²) >= 11 is 0. The van der Waals surface area contributed by atoms with Crippen LogP contribution >= 0.6 is 0 Å². The summed E-state index contributed by atoms with van der Waals surface area (Å²) in [7, 11) is 0. The second kappa shape index (κ2) is 7.46. The van der Waals surface area contributed by atoms with Crippen LogP contribution < -0.4 is 5.32 Å². The maximum Gasteiger partial charge on any atom is 0.417 e. The van der Waals surface area contributed by atoms with E-state index in [1.165, 1.54) is 23.1 Å². The van der Waals surface area contributed by atoms with Gasteiger partial charge in [0, 0.05) is 13.1 Å². The van der Waals surface area contributed by atoms with E-state index in [0.29, 0.717) is 18.7 Å². The van der Waals surface area contributed by atoms with Crippen molar-refractivity contribution in [3.63, 3.8) is 0 Å². The van der Waals surface area contributed by atoms with E-state index < -0.39 is 17.6 Å². The SMILES string of the molecule is CCCNC(=O)c1cc2c(o1)CN(C(=O)c1ccccc1C(F)(F)F)CC2. The summed E-state index contributed by atoms with van der Waals surface area (Å²) in [6.45, 7) is 2.73. The fourth-order valence-electron chi connectivity index (χ4n) is 3.02. The number of furan rings is 1. The number of benzene rings is 1. The molecule has 5 nitrogen and oxygen atoms in total. The Balaban J connectivity index is 1.80. The van der Waals surface area contributed by atoms with E-state index in [-0.39, 0.29) is 30.3 Å². The highest BCUT2D eigenvalue weighted by Gasteiger charge is 2.36. The van der Waals surface area contributed by atoms with Gasteiger partial charge in [-0.1, -0.05) is 19.1 Å². The molecule has 0 radical (unpaired) electrons. The highest BCUT2D eigenvalue weighted by molar-refractivity contribution is 5.96. The number of fused-ring (bicyclic) bond motifs is 1. The molecule has 8 heteroatoms. The summed E-state index contributed by atoms with van der Waals surface area (Å²) in [6, 6.07) is 6.35. The van der Waals surface area contributed by atoms with Gasteiger partial charge >= 0.3 is 6.18 Å². The van der Waals surface area contributed by atoms with Crippen LogP contribution in [0.5, 0.6) is 0 Å². The van der Waals surface area contributed by atoms with Crippen LogP contribution in [0.4, 0.5) is 13.2 Å². The molecular weight excluding hydrogens is 361 g/mol. The van der Waals surface area contributed by atoms with Crippen molar-refractivity contribution in [3.8, 4) is 0 Å². The van der Waals surface area contributed by atoms with Crippen molar-refractivity contribution < 1.29 is 27.2 Å². The third-order valence-corrected chi connectivity index (χ3v) is 4.39. The van der Waals surface area contributed by atoms with Crippen LogP contribution in [0.1, 0.15) is 51.1 Å². The molecule has 144 valence electrons. The van der Waals surface area contributed by atoms with E-state index in [1.807, 2.05) is 6.92 Å². The Bertz CT molecular complexity index is 858. The van der Waals surface area contributed by atoms with Gasteiger partial charge in [-0.15, -0.1) is 0 Å². The molecule has 3 rings (SSSR count). The topological polar surface area (TPSA) is 62.6 Å². The second-order valence-electron chi connectivity index (χ2n) is 6.34. The summed E-state index contributed by atoms with van der Waals surface area (Å²) < 4.78 is 45.1. The van der Waals surface area contributed by atoms with E-state index in [4.69, 9.17) is 4.42 Å². The summed E-state index contributed by atoms with van der Waals surface area (Å²) in [5.74, 6) is -0.465. The van der Waals surface area contributed by atoms with E-state index >= 15 is 0 Å². The molecule has 0 unspecified atom stereocenters. The molecule has 0 spiro atoms. The van der Waals surface area contributed by atoms with Crippen molar-refractivity contribution in [2.45, 2.75) is 32.5 Å². The predicted molar refractivity (Wildman–Crippen MR) is 91.2 cm³/mol. The number of nitrogens with one attached hydrogen (secondary N) is 1. The first-order valence-corrected chi connectivity index (χ1v) is 8.66. The van der Waals surface area contributed by atoms with Crippen molar-refractivity contribution in [1.82, 2.24) is 10.2 Å². The summed E-state index contributed by atoms with van der Waals surface area (Å²) in [4.78, 5) is 26.0. The molecule has 0 bridgehead atoms. The van der Waals surface area contributed by atoms with Crippen molar-refractivity contribution >= 4 is 11.8 Å². The van der Waals surface area contributed by atoms with Gasteiger partial charge in [0.1, 0.15) is 5.76 Å². The van der Waals surface area contributed by atoms with Crippen molar-refractivity contribution in [1.29, 1.82) is 0 Å².